The van der Waals surface area contributed by atoms with E-state index in [4.69, 9.17) is 5.73 Å². The van der Waals surface area contributed by atoms with Gasteiger partial charge in [0.15, 0.2) is 0 Å². The van der Waals surface area contributed by atoms with Gasteiger partial charge in [0.25, 0.3) is 0 Å². The van der Waals surface area contributed by atoms with Gasteiger partial charge in [0, 0.05) is 19.4 Å². The first-order valence-electron chi connectivity index (χ1n) is 6.63. The molecule has 0 saturated carbocycles. The first-order valence-corrected chi connectivity index (χ1v) is 6.63. The van der Waals surface area contributed by atoms with E-state index in [9.17, 15) is 4.79 Å². The first kappa shape index (κ1) is 14.0. The zero-order valence-corrected chi connectivity index (χ0v) is 11.5. The molecule has 1 heterocycles. The Balaban J connectivity index is 1.73. The highest BCUT2D eigenvalue weighted by Crippen LogP contribution is 2.17. The van der Waals surface area contributed by atoms with Crippen molar-refractivity contribution in [2.24, 2.45) is 0 Å². The first-order chi connectivity index (χ1) is 9.65. The summed E-state index contributed by atoms with van der Waals surface area (Å²) in [5.41, 5.74) is 6.57. The van der Waals surface area contributed by atoms with E-state index in [-0.39, 0.29) is 17.8 Å². The van der Waals surface area contributed by atoms with Crippen molar-refractivity contribution in [2.45, 2.75) is 25.7 Å². The fourth-order valence-electron chi connectivity index (χ4n) is 1.99. The number of hydrogen-bond donors (Lipinski definition) is 3. The Morgan fingerprint density at radius 3 is 2.80 bits per heavy atom. The number of carbonyl (C=O) groups excluding carboxylic acids is 1. The number of aromatic nitrogens is 3. The van der Waals surface area contributed by atoms with Crippen molar-refractivity contribution in [3.8, 4) is 0 Å². The number of benzene rings is 1. The number of H-pyrrole nitrogens is 1. The molecule has 0 radical (unpaired) electrons. The Kier molecular flexibility index (Phi) is 4.70. The van der Waals surface area contributed by atoms with E-state index in [2.05, 4.69) is 20.5 Å². The molecular formula is C14H19N5O. The standard InChI is InChI=1S/C14H19N5O/c1-10(11-5-3-2-4-6-11)9-13(20)16-8-7-12-17-14(15)19-18-12/h2-6,10H,7-9H2,1H3,(H,16,20)(H3,15,17,18,19)/t10-/m0/s1. The van der Waals surface area contributed by atoms with Crippen molar-refractivity contribution < 1.29 is 4.79 Å². The second-order valence-electron chi connectivity index (χ2n) is 4.76. The van der Waals surface area contributed by atoms with Crippen LogP contribution in [0.5, 0.6) is 0 Å². The van der Waals surface area contributed by atoms with Crippen LogP contribution in [0, 0.1) is 0 Å². The monoisotopic (exact) mass is 273 g/mol. The van der Waals surface area contributed by atoms with E-state index in [0.717, 1.165) is 0 Å². The van der Waals surface area contributed by atoms with Gasteiger partial charge < -0.3 is 11.1 Å². The van der Waals surface area contributed by atoms with Crippen molar-refractivity contribution in [1.29, 1.82) is 0 Å². The molecule has 20 heavy (non-hydrogen) atoms. The van der Waals surface area contributed by atoms with Crippen LogP contribution < -0.4 is 11.1 Å². The Morgan fingerprint density at radius 2 is 2.15 bits per heavy atom. The SMILES string of the molecule is C[C@@H](CC(=O)NCCc1nc(N)n[nH]1)c1ccccc1. The fraction of sp³-hybridized carbons (Fsp3) is 0.357. The van der Waals surface area contributed by atoms with Crippen LogP contribution in [0.1, 0.15) is 30.7 Å². The van der Waals surface area contributed by atoms with Gasteiger partial charge in [-0.25, -0.2) is 0 Å². The van der Waals surface area contributed by atoms with Crippen LogP contribution in [0.4, 0.5) is 5.95 Å². The lowest BCUT2D eigenvalue weighted by Crippen LogP contribution is -2.27. The highest BCUT2D eigenvalue weighted by Gasteiger charge is 2.10. The molecule has 4 N–H and O–H groups in total. The Bertz CT molecular complexity index is 552. The molecular weight excluding hydrogens is 254 g/mol. The quantitative estimate of drug-likeness (QED) is 0.737. The molecule has 1 aromatic carbocycles. The van der Waals surface area contributed by atoms with Crippen molar-refractivity contribution in [3.05, 3.63) is 41.7 Å². The number of anilines is 1. The third-order valence-corrected chi connectivity index (χ3v) is 3.09. The van der Waals surface area contributed by atoms with E-state index in [0.29, 0.717) is 25.2 Å². The smallest absolute Gasteiger partial charge is 0.239 e. The number of carbonyl (C=O) groups is 1. The van der Waals surface area contributed by atoms with Crippen molar-refractivity contribution in [1.82, 2.24) is 20.5 Å². The van der Waals surface area contributed by atoms with Gasteiger partial charge >= 0.3 is 0 Å². The molecule has 1 atom stereocenters. The summed E-state index contributed by atoms with van der Waals surface area (Å²) in [4.78, 5) is 15.8. The normalized spacial score (nSPS) is 12.1. The molecule has 6 nitrogen and oxygen atoms in total. The van der Waals surface area contributed by atoms with Crippen molar-refractivity contribution in [2.75, 3.05) is 12.3 Å². The summed E-state index contributed by atoms with van der Waals surface area (Å²) in [6.45, 7) is 2.57. The maximum Gasteiger partial charge on any atom is 0.239 e. The van der Waals surface area contributed by atoms with Crippen LogP contribution in [0.3, 0.4) is 0 Å². The van der Waals surface area contributed by atoms with Crippen LogP contribution in [0.2, 0.25) is 0 Å². The molecule has 0 aliphatic rings. The van der Waals surface area contributed by atoms with Gasteiger partial charge in [0.2, 0.25) is 11.9 Å². The number of hydrogen-bond acceptors (Lipinski definition) is 4. The maximum atomic E-state index is 11.8. The average Bonchev–Trinajstić information content (AvgIpc) is 2.85. The van der Waals surface area contributed by atoms with E-state index < -0.39 is 0 Å². The van der Waals surface area contributed by atoms with E-state index in [1.54, 1.807) is 0 Å². The molecule has 0 fully saturated rings. The highest BCUT2D eigenvalue weighted by atomic mass is 16.1. The molecule has 0 saturated heterocycles. The van der Waals surface area contributed by atoms with Gasteiger partial charge in [0.05, 0.1) is 0 Å². The Labute approximate surface area is 117 Å². The number of nitrogens with one attached hydrogen (secondary N) is 2. The van der Waals surface area contributed by atoms with Crippen LogP contribution >= 0.6 is 0 Å². The van der Waals surface area contributed by atoms with Crippen molar-refractivity contribution in [3.63, 3.8) is 0 Å². The molecule has 0 aliphatic heterocycles. The van der Waals surface area contributed by atoms with Crippen LogP contribution in [-0.4, -0.2) is 27.6 Å². The molecule has 2 aromatic rings. The van der Waals surface area contributed by atoms with Gasteiger partial charge in [-0.3, -0.25) is 9.89 Å². The van der Waals surface area contributed by atoms with Crippen molar-refractivity contribution >= 4 is 11.9 Å². The van der Waals surface area contributed by atoms with Gasteiger partial charge in [-0.15, -0.1) is 5.10 Å². The van der Waals surface area contributed by atoms with Crippen LogP contribution in [-0.2, 0) is 11.2 Å². The minimum absolute atomic E-state index is 0.0360. The minimum atomic E-state index is 0.0360. The summed E-state index contributed by atoms with van der Waals surface area (Å²) in [6.07, 6.45) is 1.07. The fourth-order valence-corrected chi connectivity index (χ4v) is 1.99. The zero-order chi connectivity index (χ0) is 14.4. The molecule has 0 unspecified atom stereocenters. The van der Waals surface area contributed by atoms with Crippen LogP contribution in [0.25, 0.3) is 0 Å². The second-order valence-corrected chi connectivity index (χ2v) is 4.76. The maximum absolute atomic E-state index is 11.8. The number of nitrogens with two attached hydrogens (primary N) is 1. The lowest BCUT2D eigenvalue weighted by atomic mass is 9.97. The van der Waals surface area contributed by atoms with Gasteiger partial charge in [-0.2, -0.15) is 4.98 Å². The predicted octanol–water partition coefficient (Wildman–Crippen LogP) is 1.24. The molecule has 1 amide bonds. The molecule has 106 valence electrons. The summed E-state index contributed by atoms with van der Waals surface area (Å²) >= 11 is 0. The molecule has 2 rings (SSSR count). The molecule has 0 bridgehead atoms. The van der Waals surface area contributed by atoms with E-state index in [1.165, 1.54) is 5.56 Å². The van der Waals surface area contributed by atoms with E-state index >= 15 is 0 Å². The average molecular weight is 273 g/mol. The largest absolute Gasteiger partial charge is 0.367 e. The number of aromatic amines is 1. The molecule has 6 heteroatoms. The lowest BCUT2D eigenvalue weighted by Gasteiger charge is -2.11. The van der Waals surface area contributed by atoms with E-state index in [1.807, 2.05) is 37.3 Å². The zero-order valence-electron chi connectivity index (χ0n) is 11.5. The minimum Gasteiger partial charge on any atom is -0.367 e. The van der Waals surface area contributed by atoms with Gasteiger partial charge in [0.1, 0.15) is 5.82 Å². The number of amides is 1. The summed E-state index contributed by atoms with van der Waals surface area (Å²) in [6, 6.07) is 10.0. The van der Waals surface area contributed by atoms with Gasteiger partial charge in [-0.05, 0) is 11.5 Å². The molecule has 0 spiro atoms. The molecule has 1 aromatic heterocycles. The highest BCUT2D eigenvalue weighted by molar-refractivity contribution is 5.76. The van der Waals surface area contributed by atoms with Gasteiger partial charge in [-0.1, -0.05) is 37.3 Å². The third kappa shape index (κ3) is 4.08. The number of rotatable bonds is 6. The second kappa shape index (κ2) is 6.70. The number of nitrogens with zero attached hydrogens (tertiary/aromatic N) is 2. The predicted molar refractivity (Wildman–Crippen MR) is 77.0 cm³/mol. The number of nitrogen functional groups attached to an aromatic ring is 1. The third-order valence-electron chi connectivity index (χ3n) is 3.09. The summed E-state index contributed by atoms with van der Waals surface area (Å²) in [7, 11) is 0. The Morgan fingerprint density at radius 1 is 1.40 bits per heavy atom. The molecule has 0 aliphatic carbocycles. The Hall–Kier alpha value is -2.37. The summed E-state index contributed by atoms with van der Waals surface area (Å²) in [5.74, 6) is 1.15. The topological polar surface area (TPSA) is 96.7 Å². The summed E-state index contributed by atoms with van der Waals surface area (Å²) in [5, 5.41) is 9.31. The lowest BCUT2D eigenvalue weighted by molar-refractivity contribution is -0.121. The summed E-state index contributed by atoms with van der Waals surface area (Å²) < 4.78 is 0. The van der Waals surface area contributed by atoms with Crippen LogP contribution in [0.15, 0.2) is 30.3 Å².